The van der Waals surface area contributed by atoms with E-state index in [2.05, 4.69) is 41.2 Å². The lowest BCUT2D eigenvalue weighted by molar-refractivity contribution is 0.742. The van der Waals surface area contributed by atoms with Crippen LogP contribution in [-0.2, 0) is 19.9 Å². The first-order valence-corrected chi connectivity index (χ1v) is 6.80. The zero-order valence-electron chi connectivity index (χ0n) is 11.6. The van der Waals surface area contributed by atoms with Crippen molar-refractivity contribution in [1.82, 2.24) is 9.78 Å². The van der Waals surface area contributed by atoms with Gasteiger partial charge in [0.25, 0.3) is 0 Å². The van der Waals surface area contributed by atoms with E-state index < -0.39 is 0 Å². The molecule has 0 aliphatic carbocycles. The fraction of sp³-hybridized carbons (Fsp3) is 0.400. The number of hydrogen-bond donors (Lipinski definition) is 1. The molecule has 100 valence electrons. The van der Waals surface area contributed by atoms with Crippen molar-refractivity contribution in [2.75, 3.05) is 18.0 Å². The number of fused-ring (bicyclic) bond motifs is 1. The molecule has 4 heteroatoms. The smallest absolute Gasteiger partial charge is 0.134 e. The van der Waals surface area contributed by atoms with Crippen LogP contribution in [0.25, 0.3) is 0 Å². The van der Waals surface area contributed by atoms with Crippen LogP contribution in [0, 0.1) is 6.92 Å². The number of hydrogen-bond acceptors (Lipinski definition) is 3. The Balaban J connectivity index is 2.09. The quantitative estimate of drug-likeness (QED) is 0.912. The number of aromatic nitrogens is 2. The third kappa shape index (κ3) is 1.92. The average Bonchev–Trinajstić information content (AvgIpc) is 2.92. The SMILES string of the molecule is Cc1nn(C)c(N2CCc3ccccc32)c1CCN. The van der Waals surface area contributed by atoms with Crippen LogP contribution in [0.15, 0.2) is 24.3 Å². The molecule has 0 atom stereocenters. The highest BCUT2D eigenvalue weighted by molar-refractivity contribution is 5.70. The van der Waals surface area contributed by atoms with Crippen LogP contribution in [0.1, 0.15) is 16.8 Å². The molecule has 19 heavy (non-hydrogen) atoms. The van der Waals surface area contributed by atoms with Gasteiger partial charge in [-0.3, -0.25) is 4.68 Å². The predicted molar refractivity (Wildman–Crippen MR) is 77.9 cm³/mol. The van der Waals surface area contributed by atoms with Crippen molar-refractivity contribution < 1.29 is 0 Å². The van der Waals surface area contributed by atoms with Crippen LogP contribution in [0.4, 0.5) is 11.5 Å². The molecule has 1 aromatic carbocycles. The Labute approximate surface area is 113 Å². The maximum atomic E-state index is 5.75. The number of para-hydroxylation sites is 1. The molecule has 0 spiro atoms. The van der Waals surface area contributed by atoms with Gasteiger partial charge in [-0.05, 0) is 37.9 Å². The van der Waals surface area contributed by atoms with Gasteiger partial charge in [-0.1, -0.05) is 18.2 Å². The van der Waals surface area contributed by atoms with E-state index in [1.807, 2.05) is 11.7 Å². The lowest BCUT2D eigenvalue weighted by Gasteiger charge is -2.21. The van der Waals surface area contributed by atoms with Crippen LogP contribution >= 0.6 is 0 Å². The van der Waals surface area contributed by atoms with Crippen molar-refractivity contribution in [3.63, 3.8) is 0 Å². The van der Waals surface area contributed by atoms with Crippen LogP contribution < -0.4 is 10.6 Å². The third-order valence-corrected chi connectivity index (χ3v) is 3.85. The second kappa shape index (κ2) is 4.70. The summed E-state index contributed by atoms with van der Waals surface area (Å²) in [6.45, 7) is 3.75. The summed E-state index contributed by atoms with van der Waals surface area (Å²) in [5.74, 6) is 1.20. The van der Waals surface area contributed by atoms with Gasteiger partial charge < -0.3 is 10.6 Å². The molecule has 0 fully saturated rings. The summed E-state index contributed by atoms with van der Waals surface area (Å²) >= 11 is 0. The Bertz CT molecular complexity index is 600. The topological polar surface area (TPSA) is 47.1 Å². The summed E-state index contributed by atoms with van der Waals surface area (Å²) in [6, 6.07) is 8.61. The normalized spacial score (nSPS) is 13.9. The number of aryl methyl sites for hydroxylation is 2. The molecule has 2 heterocycles. The van der Waals surface area contributed by atoms with Gasteiger partial charge >= 0.3 is 0 Å². The number of nitrogens with two attached hydrogens (primary N) is 1. The molecule has 1 aromatic heterocycles. The van der Waals surface area contributed by atoms with Crippen LogP contribution in [-0.4, -0.2) is 22.9 Å². The number of nitrogens with zero attached hydrogens (tertiary/aromatic N) is 3. The molecule has 0 saturated carbocycles. The van der Waals surface area contributed by atoms with Gasteiger partial charge in [0.05, 0.1) is 5.69 Å². The van der Waals surface area contributed by atoms with E-state index in [1.165, 1.54) is 22.6 Å². The van der Waals surface area contributed by atoms with Gasteiger partial charge in [0.1, 0.15) is 5.82 Å². The van der Waals surface area contributed by atoms with Gasteiger partial charge in [0.2, 0.25) is 0 Å². The number of benzene rings is 1. The summed E-state index contributed by atoms with van der Waals surface area (Å²) in [5, 5.41) is 4.57. The van der Waals surface area contributed by atoms with Gasteiger partial charge in [0.15, 0.2) is 0 Å². The van der Waals surface area contributed by atoms with Gasteiger partial charge in [-0.25, -0.2) is 0 Å². The molecule has 0 bridgehead atoms. The molecule has 3 rings (SSSR count). The second-order valence-electron chi connectivity index (χ2n) is 5.08. The van der Waals surface area contributed by atoms with Crippen molar-refractivity contribution in [3.8, 4) is 0 Å². The van der Waals surface area contributed by atoms with Crippen molar-refractivity contribution in [2.24, 2.45) is 12.8 Å². The Hall–Kier alpha value is -1.81. The van der Waals surface area contributed by atoms with E-state index in [0.717, 1.165) is 25.1 Å². The summed E-state index contributed by atoms with van der Waals surface area (Å²) in [7, 11) is 2.02. The Kier molecular flexibility index (Phi) is 3.03. The predicted octanol–water partition coefficient (Wildman–Crippen LogP) is 1.92. The first-order chi connectivity index (χ1) is 9.22. The minimum Gasteiger partial charge on any atom is -0.330 e. The van der Waals surface area contributed by atoms with Gasteiger partial charge in [-0.2, -0.15) is 5.10 Å². The molecule has 0 saturated heterocycles. The molecule has 0 radical (unpaired) electrons. The minimum atomic E-state index is 0.662. The lowest BCUT2D eigenvalue weighted by Crippen LogP contribution is -2.19. The highest BCUT2D eigenvalue weighted by Gasteiger charge is 2.25. The van der Waals surface area contributed by atoms with E-state index in [4.69, 9.17) is 5.73 Å². The molecular formula is C15H20N4. The average molecular weight is 256 g/mol. The second-order valence-corrected chi connectivity index (χ2v) is 5.08. The van der Waals surface area contributed by atoms with Crippen LogP contribution in [0.3, 0.4) is 0 Å². The monoisotopic (exact) mass is 256 g/mol. The van der Waals surface area contributed by atoms with Crippen molar-refractivity contribution in [1.29, 1.82) is 0 Å². The summed E-state index contributed by atoms with van der Waals surface area (Å²) < 4.78 is 1.99. The molecule has 4 nitrogen and oxygen atoms in total. The van der Waals surface area contributed by atoms with Crippen LogP contribution in [0.2, 0.25) is 0 Å². The highest BCUT2D eigenvalue weighted by atomic mass is 15.4. The van der Waals surface area contributed by atoms with E-state index in [-0.39, 0.29) is 0 Å². The first kappa shape index (κ1) is 12.2. The van der Waals surface area contributed by atoms with E-state index >= 15 is 0 Å². The molecule has 1 aliphatic heterocycles. The minimum absolute atomic E-state index is 0.662. The summed E-state index contributed by atoms with van der Waals surface area (Å²) in [4.78, 5) is 2.38. The third-order valence-electron chi connectivity index (χ3n) is 3.85. The number of rotatable bonds is 3. The van der Waals surface area contributed by atoms with Gasteiger partial charge in [0, 0.05) is 24.8 Å². The first-order valence-electron chi connectivity index (χ1n) is 6.80. The molecule has 0 unspecified atom stereocenters. The van der Waals surface area contributed by atoms with E-state index in [9.17, 15) is 0 Å². The molecule has 2 aromatic rings. The highest BCUT2D eigenvalue weighted by Crippen LogP contribution is 2.36. The van der Waals surface area contributed by atoms with Crippen molar-refractivity contribution >= 4 is 11.5 Å². The standard InChI is InChI=1S/C15H20N4/c1-11-13(7-9-16)15(18(2)17-11)19-10-8-12-5-3-4-6-14(12)19/h3-6H,7-10,16H2,1-2H3. The molecular weight excluding hydrogens is 236 g/mol. The van der Waals surface area contributed by atoms with Gasteiger partial charge in [-0.15, -0.1) is 0 Å². The Morgan fingerprint density at radius 1 is 1.32 bits per heavy atom. The van der Waals surface area contributed by atoms with Crippen molar-refractivity contribution in [3.05, 3.63) is 41.1 Å². The largest absolute Gasteiger partial charge is 0.330 e. The summed E-state index contributed by atoms with van der Waals surface area (Å²) in [5.41, 5.74) is 10.8. The fourth-order valence-corrected chi connectivity index (χ4v) is 3.02. The van der Waals surface area contributed by atoms with Crippen molar-refractivity contribution in [2.45, 2.75) is 19.8 Å². The Morgan fingerprint density at radius 2 is 2.11 bits per heavy atom. The molecule has 1 aliphatic rings. The fourth-order valence-electron chi connectivity index (χ4n) is 3.02. The number of anilines is 2. The zero-order valence-corrected chi connectivity index (χ0v) is 11.6. The maximum Gasteiger partial charge on any atom is 0.134 e. The molecule has 2 N–H and O–H groups in total. The lowest BCUT2D eigenvalue weighted by atomic mass is 10.1. The van der Waals surface area contributed by atoms with Crippen LogP contribution in [0.5, 0.6) is 0 Å². The Morgan fingerprint density at radius 3 is 2.89 bits per heavy atom. The molecule has 0 amide bonds. The van der Waals surface area contributed by atoms with E-state index in [1.54, 1.807) is 0 Å². The van der Waals surface area contributed by atoms with E-state index in [0.29, 0.717) is 6.54 Å². The summed E-state index contributed by atoms with van der Waals surface area (Å²) in [6.07, 6.45) is 1.98. The zero-order chi connectivity index (χ0) is 13.4. The maximum absolute atomic E-state index is 5.75.